The lowest BCUT2D eigenvalue weighted by molar-refractivity contribution is -0.115. The summed E-state index contributed by atoms with van der Waals surface area (Å²) in [6.45, 7) is 0. The minimum atomic E-state index is -0.586. The fourth-order valence-corrected chi connectivity index (χ4v) is 2.61. The summed E-state index contributed by atoms with van der Waals surface area (Å²) in [7, 11) is 1.63. The van der Waals surface area contributed by atoms with Gasteiger partial charge >= 0.3 is 0 Å². The third-order valence-electron chi connectivity index (χ3n) is 3.99. The summed E-state index contributed by atoms with van der Waals surface area (Å²) >= 11 is 0. The number of carbonyl (C=O) groups is 3. The molecule has 3 aromatic rings. The normalized spacial score (nSPS) is 10.3. The minimum absolute atomic E-state index is 0.127. The molecule has 0 fully saturated rings. The van der Waals surface area contributed by atoms with E-state index >= 15 is 0 Å². The highest BCUT2D eigenvalue weighted by Crippen LogP contribution is 2.14. The van der Waals surface area contributed by atoms with Crippen molar-refractivity contribution in [2.45, 2.75) is 6.42 Å². The second-order valence-electron chi connectivity index (χ2n) is 6.15. The lowest BCUT2D eigenvalue weighted by Gasteiger charge is -2.04. The second kappa shape index (κ2) is 8.17. The highest BCUT2D eigenvalue weighted by molar-refractivity contribution is 6.04. The van der Waals surface area contributed by atoms with Crippen molar-refractivity contribution in [3.8, 4) is 0 Å². The number of primary amides is 1. The van der Waals surface area contributed by atoms with E-state index < -0.39 is 11.8 Å². The summed E-state index contributed by atoms with van der Waals surface area (Å²) in [5.41, 5.74) is 6.96. The maximum atomic E-state index is 12.4. The number of amides is 3. The third-order valence-corrected chi connectivity index (χ3v) is 3.99. The summed E-state index contributed by atoms with van der Waals surface area (Å²) < 4.78 is 1.41. The molecule has 0 radical (unpaired) electrons. The zero-order chi connectivity index (χ0) is 20.1. The lowest BCUT2D eigenvalue weighted by Crippen LogP contribution is -2.16. The molecule has 28 heavy (non-hydrogen) atoms. The molecule has 4 N–H and O–H groups in total. The van der Waals surface area contributed by atoms with E-state index in [1.165, 1.54) is 16.8 Å². The van der Waals surface area contributed by atoms with E-state index in [9.17, 15) is 14.4 Å². The Morgan fingerprint density at radius 3 is 2.46 bits per heavy atom. The molecule has 0 saturated carbocycles. The number of nitrogens with zero attached hydrogens (tertiary/aromatic N) is 2. The molecule has 8 heteroatoms. The van der Waals surface area contributed by atoms with Gasteiger partial charge in [0, 0.05) is 24.4 Å². The Morgan fingerprint density at radius 1 is 1.00 bits per heavy atom. The van der Waals surface area contributed by atoms with E-state index in [1.807, 2.05) is 30.3 Å². The van der Waals surface area contributed by atoms with Crippen LogP contribution in [0, 0.1) is 0 Å². The summed E-state index contributed by atoms with van der Waals surface area (Å²) in [5.74, 6) is -0.870. The van der Waals surface area contributed by atoms with Crippen LogP contribution in [-0.4, -0.2) is 27.5 Å². The molecule has 0 saturated heterocycles. The maximum Gasteiger partial charge on any atom is 0.276 e. The zero-order valence-electron chi connectivity index (χ0n) is 15.2. The Kier molecular flexibility index (Phi) is 5.50. The Hall–Kier alpha value is -3.94. The van der Waals surface area contributed by atoms with Crippen molar-refractivity contribution in [2.24, 2.45) is 12.8 Å². The van der Waals surface area contributed by atoms with Gasteiger partial charge in [-0.25, -0.2) is 0 Å². The van der Waals surface area contributed by atoms with Crippen molar-refractivity contribution in [1.29, 1.82) is 0 Å². The number of anilines is 2. The van der Waals surface area contributed by atoms with E-state index in [0.29, 0.717) is 11.5 Å². The summed E-state index contributed by atoms with van der Waals surface area (Å²) in [4.78, 5) is 35.9. The summed E-state index contributed by atoms with van der Waals surface area (Å²) in [6, 6.07) is 17.1. The molecule has 142 valence electrons. The number of carbonyl (C=O) groups excluding carboxylic acids is 3. The van der Waals surface area contributed by atoms with E-state index in [-0.39, 0.29) is 23.6 Å². The van der Waals surface area contributed by atoms with Crippen LogP contribution in [0.5, 0.6) is 0 Å². The number of rotatable bonds is 6. The molecule has 0 spiro atoms. The van der Waals surface area contributed by atoms with Gasteiger partial charge in [-0.15, -0.1) is 0 Å². The van der Waals surface area contributed by atoms with Gasteiger partial charge in [-0.3, -0.25) is 19.1 Å². The number of nitrogens with one attached hydrogen (secondary N) is 2. The number of hydrogen-bond acceptors (Lipinski definition) is 4. The van der Waals surface area contributed by atoms with Crippen LogP contribution in [0.25, 0.3) is 0 Å². The first-order valence-electron chi connectivity index (χ1n) is 8.51. The standard InChI is InChI=1S/C20H19N5O3/c1-25-17(23-18(26)10-13-6-3-2-4-7-13)12-16(24-25)20(28)22-15-9-5-8-14(11-15)19(21)27/h2-9,11-12H,10H2,1H3,(H2,21,27)(H,22,28)(H,23,26). The van der Waals surface area contributed by atoms with Gasteiger partial charge in [0.15, 0.2) is 5.69 Å². The Labute approximate surface area is 161 Å². The second-order valence-corrected chi connectivity index (χ2v) is 6.15. The number of aryl methyl sites for hydroxylation is 1. The van der Waals surface area contributed by atoms with Crippen molar-refractivity contribution >= 4 is 29.2 Å². The lowest BCUT2D eigenvalue weighted by atomic mass is 10.1. The van der Waals surface area contributed by atoms with Crippen molar-refractivity contribution in [1.82, 2.24) is 9.78 Å². The molecule has 1 heterocycles. The van der Waals surface area contributed by atoms with Crippen LogP contribution in [0.1, 0.15) is 26.4 Å². The van der Waals surface area contributed by atoms with Gasteiger partial charge in [0.25, 0.3) is 5.91 Å². The number of nitrogens with two attached hydrogens (primary N) is 1. The summed E-state index contributed by atoms with van der Waals surface area (Å²) in [6.07, 6.45) is 0.216. The quantitative estimate of drug-likeness (QED) is 0.608. The fourth-order valence-electron chi connectivity index (χ4n) is 2.61. The Balaban J connectivity index is 1.67. The molecule has 0 aliphatic rings. The molecular formula is C20H19N5O3. The molecular weight excluding hydrogens is 358 g/mol. The smallest absolute Gasteiger partial charge is 0.276 e. The first-order chi connectivity index (χ1) is 13.4. The summed E-state index contributed by atoms with van der Waals surface area (Å²) in [5, 5.41) is 9.52. The predicted octanol–water partition coefficient (Wildman–Crippen LogP) is 1.95. The van der Waals surface area contributed by atoms with Gasteiger partial charge in [0.05, 0.1) is 6.42 Å². The molecule has 1 aromatic heterocycles. The van der Waals surface area contributed by atoms with Gasteiger partial charge in [-0.05, 0) is 23.8 Å². The van der Waals surface area contributed by atoms with Crippen LogP contribution >= 0.6 is 0 Å². The van der Waals surface area contributed by atoms with Gasteiger partial charge in [-0.2, -0.15) is 5.10 Å². The highest BCUT2D eigenvalue weighted by atomic mass is 16.2. The molecule has 2 aromatic carbocycles. The molecule has 0 aliphatic carbocycles. The third kappa shape index (κ3) is 4.61. The van der Waals surface area contributed by atoms with Crippen LogP contribution in [0.4, 0.5) is 11.5 Å². The number of aromatic nitrogens is 2. The SMILES string of the molecule is Cn1nc(C(=O)Nc2cccc(C(N)=O)c2)cc1NC(=O)Cc1ccccc1. The fraction of sp³-hybridized carbons (Fsp3) is 0.100. The first kappa shape index (κ1) is 18.8. The molecule has 0 bridgehead atoms. The Morgan fingerprint density at radius 2 is 1.75 bits per heavy atom. The van der Waals surface area contributed by atoms with Crippen LogP contribution in [0.2, 0.25) is 0 Å². The average molecular weight is 377 g/mol. The zero-order valence-corrected chi connectivity index (χ0v) is 15.2. The Bertz CT molecular complexity index is 1030. The van der Waals surface area contributed by atoms with Gasteiger partial charge < -0.3 is 16.4 Å². The van der Waals surface area contributed by atoms with E-state index in [4.69, 9.17) is 5.73 Å². The van der Waals surface area contributed by atoms with Crippen LogP contribution in [-0.2, 0) is 18.3 Å². The van der Waals surface area contributed by atoms with Gasteiger partial charge in [-0.1, -0.05) is 36.4 Å². The highest BCUT2D eigenvalue weighted by Gasteiger charge is 2.15. The van der Waals surface area contributed by atoms with E-state index in [0.717, 1.165) is 5.56 Å². The van der Waals surface area contributed by atoms with E-state index in [1.54, 1.807) is 25.2 Å². The van der Waals surface area contributed by atoms with Gasteiger partial charge in [0.2, 0.25) is 11.8 Å². The molecule has 0 unspecified atom stereocenters. The monoisotopic (exact) mass is 377 g/mol. The van der Waals surface area contributed by atoms with Crippen molar-refractivity contribution in [3.05, 3.63) is 77.5 Å². The average Bonchev–Trinajstić information content (AvgIpc) is 3.03. The van der Waals surface area contributed by atoms with Crippen LogP contribution in [0.15, 0.2) is 60.7 Å². The maximum absolute atomic E-state index is 12.4. The molecule has 3 rings (SSSR count). The van der Waals surface area contributed by atoms with Crippen LogP contribution < -0.4 is 16.4 Å². The predicted molar refractivity (Wildman–Crippen MR) is 105 cm³/mol. The number of benzene rings is 2. The van der Waals surface area contributed by atoms with E-state index in [2.05, 4.69) is 15.7 Å². The van der Waals surface area contributed by atoms with Gasteiger partial charge in [0.1, 0.15) is 5.82 Å². The first-order valence-corrected chi connectivity index (χ1v) is 8.51. The number of hydrogen-bond donors (Lipinski definition) is 3. The molecule has 0 atom stereocenters. The topological polar surface area (TPSA) is 119 Å². The van der Waals surface area contributed by atoms with Crippen LogP contribution in [0.3, 0.4) is 0 Å². The molecule has 3 amide bonds. The van der Waals surface area contributed by atoms with Crippen molar-refractivity contribution < 1.29 is 14.4 Å². The van der Waals surface area contributed by atoms with Crippen molar-refractivity contribution in [3.63, 3.8) is 0 Å². The van der Waals surface area contributed by atoms with Crippen molar-refractivity contribution in [2.75, 3.05) is 10.6 Å². The molecule has 0 aliphatic heterocycles. The minimum Gasteiger partial charge on any atom is -0.366 e. The molecule has 8 nitrogen and oxygen atoms in total. The largest absolute Gasteiger partial charge is 0.366 e.